The van der Waals surface area contributed by atoms with Crippen LogP contribution in [0, 0.1) is 11.8 Å². The number of aliphatic hydroxyl groups excluding tert-OH is 3. The van der Waals surface area contributed by atoms with Crippen LogP contribution in [0.5, 0.6) is 0 Å². The number of hydrogen-bond donors (Lipinski definition) is 6. The third-order valence-electron chi connectivity index (χ3n) is 7.83. The summed E-state index contributed by atoms with van der Waals surface area (Å²) in [4.78, 5) is 14.6. The van der Waals surface area contributed by atoms with Crippen LogP contribution in [0.1, 0.15) is 44.9 Å². The number of aliphatic hydroxyl groups is 3. The Kier molecular flexibility index (Phi) is 12.0. The maximum atomic E-state index is 14.7. The van der Waals surface area contributed by atoms with Crippen molar-refractivity contribution in [3.05, 3.63) is 0 Å². The van der Waals surface area contributed by atoms with E-state index in [0.29, 0.717) is 12.5 Å². The second-order valence-corrected chi connectivity index (χ2v) is 11.2. The van der Waals surface area contributed by atoms with Crippen LogP contribution < -0.4 is 16.0 Å². The van der Waals surface area contributed by atoms with E-state index in [1.165, 1.54) is 0 Å². The van der Waals surface area contributed by atoms with E-state index >= 15 is 0 Å². The molecule has 1 aliphatic carbocycles. The number of halogens is 3. The Morgan fingerprint density at radius 1 is 1.06 bits per heavy atom. The van der Waals surface area contributed by atoms with Crippen LogP contribution in [0.15, 0.2) is 0 Å². The summed E-state index contributed by atoms with van der Waals surface area (Å²) in [5.74, 6) is -1.21. The molecule has 0 bridgehead atoms. The summed E-state index contributed by atoms with van der Waals surface area (Å²) < 4.78 is 35.3. The van der Waals surface area contributed by atoms with Crippen LogP contribution in [0.25, 0.3) is 0 Å². The first-order chi connectivity index (χ1) is 17.3. The monoisotopic (exact) mass is 540 g/mol. The zero-order chi connectivity index (χ0) is 26.1. The first kappa shape index (κ1) is 29.9. The molecule has 9 nitrogen and oxygen atoms in total. The normalized spacial score (nSPS) is 32.9. The largest absolute Gasteiger partial charge is 0.394 e. The summed E-state index contributed by atoms with van der Waals surface area (Å²) in [5, 5.41) is 37.3. The van der Waals surface area contributed by atoms with Crippen LogP contribution in [0.2, 0.25) is 0 Å². The third-order valence-corrected chi connectivity index (χ3v) is 8.14. The number of carbonyl (C=O) groups is 1. The predicted molar refractivity (Wildman–Crippen MR) is 132 cm³/mol. The van der Waals surface area contributed by atoms with Crippen molar-refractivity contribution >= 4 is 17.5 Å². The van der Waals surface area contributed by atoms with Crippen molar-refractivity contribution in [2.24, 2.45) is 11.8 Å². The van der Waals surface area contributed by atoms with Gasteiger partial charge < -0.3 is 25.4 Å². The fourth-order valence-electron chi connectivity index (χ4n) is 5.40. The van der Waals surface area contributed by atoms with Gasteiger partial charge in [-0.05, 0) is 31.6 Å². The molecule has 1 amide bonds. The van der Waals surface area contributed by atoms with Gasteiger partial charge in [0.25, 0.3) is 0 Å². The fraction of sp³-hybridized carbons (Fsp3) is 0.958. The second kappa shape index (κ2) is 14.5. The van der Waals surface area contributed by atoms with Crippen molar-refractivity contribution in [1.82, 2.24) is 20.9 Å². The first-order valence-corrected chi connectivity index (χ1v) is 13.6. The van der Waals surface area contributed by atoms with Crippen LogP contribution in [0.3, 0.4) is 0 Å². The van der Waals surface area contributed by atoms with Gasteiger partial charge in [0.2, 0.25) is 5.91 Å². The lowest BCUT2D eigenvalue weighted by molar-refractivity contribution is -0.129. The highest BCUT2D eigenvalue weighted by Crippen LogP contribution is 2.34. The lowest BCUT2D eigenvalue weighted by atomic mass is 9.81. The zero-order valence-corrected chi connectivity index (χ0v) is 21.6. The van der Waals surface area contributed by atoms with Crippen LogP contribution in [-0.4, -0.2) is 114 Å². The molecular weight excluding hydrogens is 498 g/mol. The Balaban J connectivity index is 1.31. The Bertz CT molecular complexity index is 644. The number of likely N-dealkylation sites (tertiary alicyclic amines) is 1. The van der Waals surface area contributed by atoms with Gasteiger partial charge in [-0.1, -0.05) is 0 Å². The Morgan fingerprint density at radius 3 is 2.19 bits per heavy atom. The van der Waals surface area contributed by atoms with Crippen molar-refractivity contribution in [3.63, 3.8) is 0 Å². The average molecular weight is 541 g/mol. The number of amides is 1. The number of piperidine rings is 1. The Hall–Kier alpha value is -0.660. The van der Waals surface area contributed by atoms with E-state index in [1.807, 2.05) is 0 Å². The minimum Gasteiger partial charge on any atom is -0.394 e. The molecule has 3 fully saturated rings. The lowest BCUT2D eigenvalue weighted by Gasteiger charge is -2.41. The van der Waals surface area contributed by atoms with Gasteiger partial charge in [-0.3, -0.25) is 20.3 Å². The van der Waals surface area contributed by atoms with Gasteiger partial charge in [-0.2, -0.15) is 0 Å². The molecule has 2 saturated heterocycles. The topological polar surface area (TPSA) is 126 Å². The van der Waals surface area contributed by atoms with Gasteiger partial charge in [0.1, 0.15) is 24.2 Å². The fourth-order valence-corrected chi connectivity index (χ4v) is 5.58. The standard InChI is InChI=1S/C24H43ClF2N4O5/c25-17-11-28-23(29-12-17)31-5-3-16(4-6-31)2-1-7-36-18-8-20(26)19(21(27)9-18)10-22(35)30-24(13-32,14-33)15-34/h16-21,23,28-29,32-34H,1-15H2,(H,30,35). The van der Waals surface area contributed by atoms with Gasteiger partial charge in [0.05, 0.1) is 31.3 Å². The van der Waals surface area contributed by atoms with Crippen LogP contribution >= 0.6 is 11.6 Å². The summed E-state index contributed by atoms with van der Waals surface area (Å²) in [6.45, 7) is 2.05. The van der Waals surface area contributed by atoms with Crippen LogP contribution in [0.4, 0.5) is 8.78 Å². The summed E-state index contributed by atoms with van der Waals surface area (Å²) in [6, 6.07) is 0. The van der Waals surface area contributed by atoms with E-state index in [-0.39, 0.29) is 24.5 Å². The highest BCUT2D eigenvalue weighted by atomic mass is 35.5. The summed E-state index contributed by atoms with van der Waals surface area (Å²) in [6.07, 6.45) is 0.354. The molecule has 3 aliphatic rings. The quantitative estimate of drug-likeness (QED) is 0.154. The van der Waals surface area contributed by atoms with Crippen molar-refractivity contribution in [2.75, 3.05) is 52.6 Å². The Labute approximate surface area is 217 Å². The number of nitrogens with zero attached hydrogens (tertiary/aromatic N) is 1. The number of rotatable bonds is 12. The average Bonchev–Trinajstić information content (AvgIpc) is 2.88. The van der Waals surface area contributed by atoms with E-state index in [9.17, 15) is 28.9 Å². The highest BCUT2D eigenvalue weighted by molar-refractivity contribution is 6.21. The van der Waals surface area contributed by atoms with Gasteiger partial charge in [0.15, 0.2) is 0 Å². The Morgan fingerprint density at radius 2 is 1.64 bits per heavy atom. The molecule has 12 heteroatoms. The molecule has 0 aromatic carbocycles. The van der Waals surface area contributed by atoms with Crippen molar-refractivity contribution in [1.29, 1.82) is 0 Å². The molecule has 36 heavy (non-hydrogen) atoms. The molecule has 210 valence electrons. The highest BCUT2D eigenvalue weighted by Gasteiger charge is 2.41. The number of carbonyl (C=O) groups excluding carboxylic acids is 1. The number of alkyl halides is 3. The molecule has 0 aromatic rings. The van der Waals surface area contributed by atoms with E-state index in [1.54, 1.807) is 0 Å². The van der Waals surface area contributed by atoms with Gasteiger partial charge in [0, 0.05) is 58.0 Å². The predicted octanol–water partition coefficient (Wildman–Crippen LogP) is 0.256. The molecule has 1 saturated carbocycles. The third kappa shape index (κ3) is 8.42. The van der Waals surface area contributed by atoms with E-state index < -0.39 is 62.1 Å². The number of ether oxygens (including phenoxy) is 1. The number of nitrogens with one attached hydrogen (secondary N) is 3. The van der Waals surface area contributed by atoms with Gasteiger partial charge >= 0.3 is 0 Å². The molecular formula is C24H43ClF2N4O5. The van der Waals surface area contributed by atoms with E-state index in [0.717, 1.165) is 51.9 Å². The van der Waals surface area contributed by atoms with E-state index in [4.69, 9.17) is 16.3 Å². The van der Waals surface area contributed by atoms with Crippen molar-refractivity contribution < 1.29 is 33.6 Å². The summed E-state index contributed by atoms with van der Waals surface area (Å²) >= 11 is 6.11. The smallest absolute Gasteiger partial charge is 0.221 e. The van der Waals surface area contributed by atoms with Gasteiger partial charge in [-0.15, -0.1) is 11.6 Å². The molecule has 2 unspecified atom stereocenters. The maximum Gasteiger partial charge on any atom is 0.221 e. The first-order valence-electron chi connectivity index (χ1n) is 13.2. The summed E-state index contributed by atoms with van der Waals surface area (Å²) in [7, 11) is 0. The molecule has 0 radical (unpaired) electrons. The van der Waals surface area contributed by atoms with Gasteiger partial charge in [-0.25, -0.2) is 8.78 Å². The molecule has 0 aromatic heterocycles. The molecule has 6 N–H and O–H groups in total. The zero-order valence-electron chi connectivity index (χ0n) is 20.9. The van der Waals surface area contributed by atoms with Crippen molar-refractivity contribution in [2.45, 2.75) is 80.6 Å². The molecule has 2 heterocycles. The molecule has 3 rings (SSSR count). The summed E-state index contributed by atoms with van der Waals surface area (Å²) in [5.41, 5.74) is -1.61. The number of hydrogen-bond acceptors (Lipinski definition) is 8. The van der Waals surface area contributed by atoms with Crippen molar-refractivity contribution in [3.8, 4) is 0 Å². The second-order valence-electron chi connectivity index (χ2n) is 10.6. The van der Waals surface area contributed by atoms with E-state index in [2.05, 4.69) is 20.9 Å². The molecule has 2 atom stereocenters. The SMILES string of the molecule is O=C(CC1C(F)CC(OCCCC2CCN(C3NCC(Cl)CN3)CC2)CC1F)NC(CO)(CO)CO. The minimum absolute atomic E-state index is 0.0342. The maximum absolute atomic E-state index is 14.7. The van der Waals surface area contributed by atoms with Crippen LogP contribution in [-0.2, 0) is 9.53 Å². The molecule has 0 spiro atoms. The molecule has 2 aliphatic heterocycles. The lowest BCUT2D eigenvalue weighted by Crippen LogP contribution is -2.62. The minimum atomic E-state index is -1.61.